The summed E-state index contributed by atoms with van der Waals surface area (Å²) in [4.78, 5) is 0. The molecule has 98 valence electrons. The van der Waals surface area contributed by atoms with Gasteiger partial charge in [0.25, 0.3) is 0 Å². The maximum absolute atomic E-state index is 5.83. The van der Waals surface area contributed by atoms with Crippen LogP contribution in [0.3, 0.4) is 0 Å². The highest BCUT2D eigenvalue weighted by Gasteiger charge is 2.31. The third kappa shape index (κ3) is 1.49. The van der Waals surface area contributed by atoms with E-state index in [0.717, 1.165) is 45.6 Å². The van der Waals surface area contributed by atoms with Gasteiger partial charge in [-0.2, -0.15) is 5.10 Å². The molecule has 0 fully saturated rings. The van der Waals surface area contributed by atoms with E-state index in [-0.39, 0.29) is 0 Å². The third-order valence-corrected chi connectivity index (χ3v) is 4.44. The monoisotopic (exact) mass is 321 g/mol. The number of hydrogen-bond donors (Lipinski definition) is 2. The molecule has 0 saturated carbocycles. The second-order valence-corrected chi connectivity index (χ2v) is 5.50. The maximum atomic E-state index is 5.83. The lowest BCUT2D eigenvalue weighted by Crippen LogP contribution is -1.94. The number of aromatic nitrogens is 2. The van der Waals surface area contributed by atoms with Gasteiger partial charge in [0.15, 0.2) is 0 Å². The first-order chi connectivity index (χ1) is 9.25. The minimum absolute atomic E-state index is 0.484. The molecule has 6 heteroatoms. The molecule has 2 aliphatic heterocycles. The number of anilines is 1. The van der Waals surface area contributed by atoms with Crippen molar-refractivity contribution in [3.05, 3.63) is 21.7 Å². The van der Waals surface area contributed by atoms with E-state index >= 15 is 0 Å². The summed E-state index contributed by atoms with van der Waals surface area (Å²) < 4.78 is 12.6. The second-order valence-electron chi connectivity index (χ2n) is 4.71. The van der Waals surface area contributed by atoms with Gasteiger partial charge in [-0.05, 0) is 15.9 Å². The van der Waals surface area contributed by atoms with Gasteiger partial charge >= 0.3 is 0 Å². The number of halogens is 1. The number of hydrogen-bond acceptors (Lipinski definition) is 4. The Morgan fingerprint density at radius 1 is 1.16 bits per heavy atom. The van der Waals surface area contributed by atoms with Crippen LogP contribution in [0.4, 0.5) is 5.82 Å². The molecule has 3 heterocycles. The van der Waals surface area contributed by atoms with Crippen molar-refractivity contribution in [3.63, 3.8) is 0 Å². The van der Waals surface area contributed by atoms with Crippen LogP contribution < -0.4 is 15.2 Å². The van der Waals surface area contributed by atoms with Gasteiger partial charge in [0.1, 0.15) is 17.3 Å². The number of nitrogens with two attached hydrogens (primary N) is 1. The molecular formula is C13H12BrN3O2. The molecule has 0 spiro atoms. The van der Waals surface area contributed by atoms with E-state index in [1.807, 2.05) is 6.07 Å². The molecule has 0 radical (unpaired) electrons. The van der Waals surface area contributed by atoms with Crippen LogP contribution in [0, 0.1) is 0 Å². The predicted octanol–water partition coefficient (Wildman–Crippen LogP) is 2.29. The molecule has 0 amide bonds. The van der Waals surface area contributed by atoms with Crippen LogP contribution in [0.15, 0.2) is 10.5 Å². The number of fused-ring (bicyclic) bond motifs is 2. The fourth-order valence-electron chi connectivity index (χ4n) is 2.80. The van der Waals surface area contributed by atoms with Gasteiger partial charge in [0.2, 0.25) is 0 Å². The Morgan fingerprint density at radius 3 is 2.63 bits per heavy atom. The lowest BCUT2D eigenvalue weighted by molar-refractivity contribution is 0.354. The molecule has 2 aliphatic rings. The standard InChI is InChI=1S/C13H12BrN3O2/c14-11-7-2-4-18-12(7)10(6-1-3-19-13(6)11)8-5-9(15)17-16-8/h5H,1-4H2,(H3,15,16,17). The van der Waals surface area contributed by atoms with Crippen LogP contribution in [0.5, 0.6) is 11.5 Å². The molecule has 0 saturated heterocycles. The van der Waals surface area contributed by atoms with Gasteiger partial charge in [-0.25, -0.2) is 0 Å². The van der Waals surface area contributed by atoms with Crippen molar-refractivity contribution >= 4 is 21.7 Å². The Bertz CT molecular complexity index is 646. The molecule has 0 unspecified atom stereocenters. The van der Waals surface area contributed by atoms with E-state index in [4.69, 9.17) is 15.2 Å². The molecule has 5 nitrogen and oxygen atoms in total. The van der Waals surface area contributed by atoms with E-state index in [9.17, 15) is 0 Å². The number of aromatic amines is 1. The van der Waals surface area contributed by atoms with Crippen LogP contribution in [-0.4, -0.2) is 23.4 Å². The Kier molecular flexibility index (Phi) is 2.29. The van der Waals surface area contributed by atoms with Crippen molar-refractivity contribution in [1.29, 1.82) is 0 Å². The van der Waals surface area contributed by atoms with Gasteiger partial charge in [-0.3, -0.25) is 5.10 Å². The highest BCUT2D eigenvalue weighted by atomic mass is 79.9. The summed E-state index contributed by atoms with van der Waals surface area (Å²) in [5, 5.41) is 6.99. The minimum atomic E-state index is 0.484. The third-order valence-electron chi connectivity index (χ3n) is 3.61. The van der Waals surface area contributed by atoms with Crippen molar-refractivity contribution in [3.8, 4) is 22.8 Å². The summed E-state index contributed by atoms with van der Waals surface area (Å²) in [6, 6.07) is 1.84. The van der Waals surface area contributed by atoms with Crippen LogP contribution in [0.25, 0.3) is 11.3 Å². The smallest absolute Gasteiger partial charge is 0.145 e. The molecular weight excluding hydrogens is 310 g/mol. The van der Waals surface area contributed by atoms with Crippen molar-refractivity contribution in [2.24, 2.45) is 0 Å². The predicted molar refractivity (Wildman–Crippen MR) is 74.5 cm³/mol. The second kappa shape index (κ2) is 3.90. The Morgan fingerprint density at radius 2 is 1.89 bits per heavy atom. The van der Waals surface area contributed by atoms with E-state index in [0.29, 0.717) is 19.0 Å². The Labute approximate surface area is 118 Å². The summed E-state index contributed by atoms with van der Waals surface area (Å²) >= 11 is 3.64. The van der Waals surface area contributed by atoms with Crippen LogP contribution >= 0.6 is 15.9 Å². The molecule has 1 aromatic carbocycles. The maximum Gasteiger partial charge on any atom is 0.145 e. The first-order valence-electron chi connectivity index (χ1n) is 6.19. The summed E-state index contributed by atoms with van der Waals surface area (Å²) in [6.45, 7) is 1.40. The Hall–Kier alpha value is -1.69. The molecule has 4 rings (SSSR count). The van der Waals surface area contributed by atoms with E-state index < -0.39 is 0 Å². The highest BCUT2D eigenvalue weighted by Crippen LogP contribution is 2.50. The molecule has 19 heavy (non-hydrogen) atoms. The summed E-state index contributed by atoms with van der Waals surface area (Å²) in [5.41, 5.74) is 9.99. The zero-order valence-corrected chi connectivity index (χ0v) is 11.7. The van der Waals surface area contributed by atoms with Gasteiger partial charge < -0.3 is 15.2 Å². The average Bonchev–Trinajstić information content (AvgIpc) is 3.09. The first-order valence-corrected chi connectivity index (χ1v) is 6.99. The fraction of sp³-hybridized carbons (Fsp3) is 0.308. The zero-order chi connectivity index (χ0) is 13.0. The Balaban J connectivity index is 2.05. The van der Waals surface area contributed by atoms with Crippen molar-refractivity contribution in [2.75, 3.05) is 18.9 Å². The van der Waals surface area contributed by atoms with E-state index in [1.165, 1.54) is 5.56 Å². The van der Waals surface area contributed by atoms with Gasteiger partial charge in [0.05, 0.1) is 23.4 Å². The summed E-state index contributed by atoms with van der Waals surface area (Å²) in [5.74, 6) is 2.35. The van der Waals surface area contributed by atoms with E-state index in [1.54, 1.807) is 0 Å². The topological polar surface area (TPSA) is 73.2 Å². The molecule has 0 atom stereocenters. The van der Waals surface area contributed by atoms with Crippen LogP contribution in [0.1, 0.15) is 11.1 Å². The lowest BCUT2D eigenvalue weighted by atomic mass is 9.97. The van der Waals surface area contributed by atoms with E-state index in [2.05, 4.69) is 26.1 Å². The normalized spacial score (nSPS) is 15.8. The number of nitrogen functional groups attached to an aromatic ring is 1. The minimum Gasteiger partial charge on any atom is -0.492 e. The highest BCUT2D eigenvalue weighted by molar-refractivity contribution is 9.10. The molecule has 3 N–H and O–H groups in total. The number of benzene rings is 1. The number of nitrogens with one attached hydrogen (secondary N) is 1. The lowest BCUT2D eigenvalue weighted by Gasteiger charge is -2.13. The molecule has 1 aromatic heterocycles. The fourth-order valence-corrected chi connectivity index (χ4v) is 3.53. The van der Waals surface area contributed by atoms with Crippen LogP contribution in [-0.2, 0) is 12.8 Å². The zero-order valence-electron chi connectivity index (χ0n) is 10.1. The molecule has 2 aromatic rings. The summed E-state index contributed by atoms with van der Waals surface area (Å²) in [6.07, 6.45) is 1.77. The van der Waals surface area contributed by atoms with Crippen molar-refractivity contribution < 1.29 is 9.47 Å². The molecule has 0 bridgehead atoms. The van der Waals surface area contributed by atoms with Gasteiger partial charge in [-0.15, -0.1) is 0 Å². The van der Waals surface area contributed by atoms with Gasteiger partial charge in [-0.1, -0.05) is 0 Å². The average molecular weight is 322 g/mol. The van der Waals surface area contributed by atoms with Crippen molar-refractivity contribution in [2.45, 2.75) is 12.8 Å². The van der Waals surface area contributed by atoms with Crippen molar-refractivity contribution in [1.82, 2.24) is 10.2 Å². The molecule has 0 aliphatic carbocycles. The SMILES string of the molecule is Nc1cc(-c2c3c(c(Br)c4c2OCC4)OCC3)[nH]n1. The quantitative estimate of drug-likeness (QED) is 0.845. The number of H-pyrrole nitrogens is 1. The largest absolute Gasteiger partial charge is 0.492 e. The van der Waals surface area contributed by atoms with Crippen LogP contribution in [0.2, 0.25) is 0 Å². The number of ether oxygens (including phenoxy) is 2. The summed E-state index contributed by atoms with van der Waals surface area (Å²) in [7, 11) is 0. The number of nitrogens with zero attached hydrogens (tertiary/aromatic N) is 1. The first kappa shape index (κ1) is 11.2. The number of rotatable bonds is 1. The van der Waals surface area contributed by atoms with Gasteiger partial charge in [0, 0.05) is 35.6 Å².